The van der Waals surface area contributed by atoms with Gasteiger partial charge in [0.15, 0.2) is 18.1 Å². The molecule has 0 aliphatic heterocycles. The Balaban J connectivity index is 1.85. The van der Waals surface area contributed by atoms with E-state index in [1.165, 1.54) is 11.1 Å². The lowest BCUT2D eigenvalue weighted by molar-refractivity contribution is -0.157. The van der Waals surface area contributed by atoms with Crippen LogP contribution in [0.15, 0.2) is 42.5 Å². The molecule has 0 saturated heterocycles. The van der Waals surface area contributed by atoms with Crippen molar-refractivity contribution < 1.29 is 23.7 Å². The van der Waals surface area contributed by atoms with E-state index >= 15 is 0 Å². The quantitative estimate of drug-likeness (QED) is 0.590. The number of hydrogen-bond donors (Lipinski definition) is 0. The molecule has 2 aromatic rings. The molecule has 0 aliphatic carbocycles. The lowest BCUT2D eigenvalue weighted by Gasteiger charge is -2.19. The monoisotopic (exact) mass is 386 g/mol. The summed E-state index contributed by atoms with van der Waals surface area (Å²) in [5, 5.41) is 0. The number of esters is 1. The lowest BCUT2D eigenvalue weighted by atomic mass is 10.0. The molecule has 5 heteroatoms. The zero-order valence-corrected chi connectivity index (χ0v) is 17.4. The molecule has 0 saturated carbocycles. The third-order valence-corrected chi connectivity index (χ3v) is 4.05. The van der Waals surface area contributed by atoms with Crippen molar-refractivity contribution in [1.29, 1.82) is 0 Å². The molecule has 0 aliphatic rings. The van der Waals surface area contributed by atoms with E-state index in [1.54, 1.807) is 14.2 Å². The van der Waals surface area contributed by atoms with Crippen LogP contribution in [0.2, 0.25) is 0 Å². The van der Waals surface area contributed by atoms with Gasteiger partial charge in [-0.25, -0.2) is 4.79 Å². The van der Waals surface area contributed by atoms with E-state index in [2.05, 4.69) is 12.1 Å². The van der Waals surface area contributed by atoms with Gasteiger partial charge in [-0.2, -0.15) is 0 Å². The summed E-state index contributed by atoms with van der Waals surface area (Å²) in [7, 11) is 3.28. The van der Waals surface area contributed by atoms with Gasteiger partial charge in [0.05, 0.1) is 14.2 Å². The SMILES string of the molecule is COc1ccc(CCCc2cccc(OCC(=O)OC(C)(C)C)c2)cc1OC. The second kappa shape index (κ2) is 10.0. The summed E-state index contributed by atoms with van der Waals surface area (Å²) in [5.74, 6) is 1.79. The Bertz CT molecular complexity index is 777. The highest BCUT2D eigenvalue weighted by Crippen LogP contribution is 2.28. The van der Waals surface area contributed by atoms with E-state index in [0.717, 1.165) is 30.8 Å². The Morgan fingerprint density at radius 2 is 1.57 bits per heavy atom. The first-order valence-corrected chi connectivity index (χ1v) is 9.45. The first-order chi connectivity index (χ1) is 13.3. The van der Waals surface area contributed by atoms with Crippen molar-refractivity contribution in [3.63, 3.8) is 0 Å². The maximum Gasteiger partial charge on any atom is 0.344 e. The summed E-state index contributed by atoms with van der Waals surface area (Å²) in [6, 6.07) is 13.8. The molecule has 5 nitrogen and oxygen atoms in total. The zero-order chi connectivity index (χ0) is 20.6. The van der Waals surface area contributed by atoms with Crippen LogP contribution in [-0.2, 0) is 22.4 Å². The van der Waals surface area contributed by atoms with Crippen molar-refractivity contribution in [2.45, 2.75) is 45.6 Å². The van der Waals surface area contributed by atoms with Crippen molar-refractivity contribution in [2.24, 2.45) is 0 Å². The number of ether oxygens (including phenoxy) is 4. The van der Waals surface area contributed by atoms with Gasteiger partial charge in [-0.05, 0) is 75.4 Å². The minimum absolute atomic E-state index is 0.0909. The highest BCUT2D eigenvalue weighted by Gasteiger charge is 2.16. The Kier molecular flexibility index (Phi) is 7.73. The fraction of sp³-hybridized carbons (Fsp3) is 0.435. The summed E-state index contributed by atoms with van der Waals surface area (Å²) in [6.07, 6.45) is 2.84. The Labute approximate surface area is 167 Å². The number of benzene rings is 2. The molecule has 0 aromatic heterocycles. The molecule has 0 spiro atoms. The topological polar surface area (TPSA) is 54.0 Å². The summed E-state index contributed by atoms with van der Waals surface area (Å²) >= 11 is 0. The highest BCUT2D eigenvalue weighted by atomic mass is 16.6. The van der Waals surface area contributed by atoms with Gasteiger partial charge in [-0.15, -0.1) is 0 Å². The summed E-state index contributed by atoms with van der Waals surface area (Å²) in [5.41, 5.74) is 1.86. The van der Waals surface area contributed by atoms with Crippen LogP contribution in [0.25, 0.3) is 0 Å². The average Bonchev–Trinajstić information content (AvgIpc) is 2.65. The number of carbonyl (C=O) groups is 1. The molecular weight excluding hydrogens is 356 g/mol. The summed E-state index contributed by atoms with van der Waals surface area (Å²) < 4.78 is 21.5. The predicted molar refractivity (Wildman–Crippen MR) is 109 cm³/mol. The summed E-state index contributed by atoms with van der Waals surface area (Å²) in [4.78, 5) is 11.8. The molecule has 0 radical (unpaired) electrons. The first kappa shape index (κ1) is 21.6. The molecule has 0 heterocycles. The van der Waals surface area contributed by atoms with Crippen LogP contribution in [-0.4, -0.2) is 32.4 Å². The average molecular weight is 386 g/mol. The molecule has 2 rings (SSSR count). The third-order valence-electron chi connectivity index (χ3n) is 4.05. The van der Waals surface area contributed by atoms with Crippen molar-refractivity contribution in [1.82, 2.24) is 0 Å². The van der Waals surface area contributed by atoms with Crippen molar-refractivity contribution in [2.75, 3.05) is 20.8 Å². The highest BCUT2D eigenvalue weighted by molar-refractivity contribution is 5.71. The molecule has 0 bridgehead atoms. The molecule has 0 fully saturated rings. The van der Waals surface area contributed by atoms with Gasteiger partial charge in [0.1, 0.15) is 11.4 Å². The molecule has 0 N–H and O–H groups in total. The smallest absolute Gasteiger partial charge is 0.344 e. The number of rotatable bonds is 9. The molecule has 2 aromatic carbocycles. The minimum atomic E-state index is -0.508. The maximum absolute atomic E-state index is 11.8. The van der Waals surface area contributed by atoms with Crippen LogP contribution >= 0.6 is 0 Å². The van der Waals surface area contributed by atoms with E-state index in [1.807, 2.05) is 51.1 Å². The number of aryl methyl sites for hydroxylation is 2. The Morgan fingerprint density at radius 3 is 2.21 bits per heavy atom. The van der Waals surface area contributed by atoms with E-state index < -0.39 is 5.60 Å². The van der Waals surface area contributed by atoms with E-state index in [0.29, 0.717) is 5.75 Å². The lowest BCUT2D eigenvalue weighted by Crippen LogP contribution is -2.27. The Morgan fingerprint density at radius 1 is 0.893 bits per heavy atom. The normalized spacial score (nSPS) is 11.0. The van der Waals surface area contributed by atoms with Gasteiger partial charge in [0.25, 0.3) is 0 Å². The first-order valence-electron chi connectivity index (χ1n) is 9.45. The van der Waals surface area contributed by atoms with Crippen molar-refractivity contribution in [3.05, 3.63) is 53.6 Å². The van der Waals surface area contributed by atoms with Gasteiger partial charge in [-0.1, -0.05) is 18.2 Å². The largest absolute Gasteiger partial charge is 0.493 e. The zero-order valence-electron chi connectivity index (χ0n) is 17.4. The van der Waals surface area contributed by atoms with E-state index in [-0.39, 0.29) is 12.6 Å². The molecular formula is C23H30O5. The van der Waals surface area contributed by atoms with Crippen molar-refractivity contribution >= 4 is 5.97 Å². The fourth-order valence-corrected chi connectivity index (χ4v) is 2.84. The summed E-state index contributed by atoms with van der Waals surface area (Å²) in [6.45, 7) is 5.42. The van der Waals surface area contributed by atoms with E-state index in [4.69, 9.17) is 18.9 Å². The van der Waals surface area contributed by atoms with Crippen LogP contribution in [0.1, 0.15) is 38.3 Å². The minimum Gasteiger partial charge on any atom is -0.493 e. The molecule has 0 atom stereocenters. The van der Waals surface area contributed by atoms with Crippen LogP contribution in [0, 0.1) is 0 Å². The second-order valence-corrected chi connectivity index (χ2v) is 7.57. The van der Waals surface area contributed by atoms with E-state index in [9.17, 15) is 4.79 Å². The fourth-order valence-electron chi connectivity index (χ4n) is 2.84. The van der Waals surface area contributed by atoms with Crippen molar-refractivity contribution in [3.8, 4) is 17.2 Å². The number of methoxy groups -OCH3 is 2. The van der Waals surface area contributed by atoms with Crippen LogP contribution in [0.5, 0.6) is 17.2 Å². The molecule has 28 heavy (non-hydrogen) atoms. The van der Waals surface area contributed by atoms with Gasteiger partial charge in [0.2, 0.25) is 0 Å². The Hall–Kier alpha value is -2.69. The van der Waals surface area contributed by atoms with Crippen LogP contribution < -0.4 is 14.2 Å². The maximum atomic E-state index is 11.8. The number of hydrogen-bond acceptors (Lipinski definition) is 5. The van der Waals surface area contributed by atoms with Gasteiger partial charge in [0, 0.05) is 0 Å². The second-order valence-electron chi connectivity index (χ2n) is 7.57. The van der Waals surface area contributed by atoms with Crippen LogP contribution in [0.3, 0.4) is 0 Å². The third kappa shape index (κ3) is 7.14. The molecule has 0 unspecified atom stereocenters. The number of carbonyl (C=O) groups excluding carboxylic acids is 1. The van der Waals surface area contributed by atoms with Gasteiger partial charge >= 0.3 is 5.97 Å². The molecule has 152 valence electrons. The standard InChI is InChI=1S/C23H30O5/c1-23(2,3)28-22(24)16-27-19-11-7-10-17(14-19)8-6-9-18-12-13-20(25-4)21(15-18)26-5/h7,10-15H,6,8-9,16H2,1-5H3. The predicted octanol–water partition coefficient (Wildman–Crippen LogP) is 4.60. The molecule has 0 amide bonds. The van der Waals surface area contributed by atoms with Gasteiger partial charge < -0.3 is 18.9 Å². The van der Waals surface area contributed by atoms with Crippen LogP contribution in [0.4, 0.5) is 0 Å². The van der Waals surface area contributed by atoms with Gasteiger partial charge in [-0.3, -0.25) is 0 Å².